The molecule has 0 unspecified atom stereocenters. The zero-order valence-electron chi connectivity index (χ0n) is 13.7. The van der Waals surface area contributed by atoms with Crippen molar-refractivity contribution < 1.29 is 9.59 Å². The molecule has 2 aromatic rings. The van der Waals surface area contributed by atoms with Crippen LogP contribution in [-0.4, -0.2) is 18.0 Å². The summed E-state index contributed by atoms with van der Waals surface area (Å²) in [5.41, 5.74) is 2.48. The third kappa shape index (κ3) is 4.82. The molecular weight excluding hydrogens is 310 g/mol. The van der Waals surface area contributed by atoms with Crippen LogP contribution in [0.25, 0.3) is 0 Å². The highest BCUT2D eigenvalue weighted by Gasteiger charge is 2.11. The van der Waals surface area contributed by atoms with Crippen molar-refractivity contribution in [2.75, 3.05) is 10.6 Å². The number of thiophene rings is 1. The van der Waals surface area contributed by atoms with Gasteiger partial charge in [0.25, 0.3) is 5.91 Å². The molecule has 1 heterocycles. The zero-order chi connectivity index (χ0) is 17.0. The van der Waals surface area contributed by atoms with Crippen LogP contribution in [0.3, 0.4) is 0 Å². The van der Waals surface area contributed by atoms with Gasteiger partial charge in [0.1, 0.15) is 0 Å². The van der Waals surface area contributed by atoms with Gasteiger partial charge < -0.3 is 16.0 Å². The Kier molecular flexibility index (Phi) is 5.39. The quantitative estimate of drug-likeness (QED) is 0.788. The second kappa shape index (κ2) is 7.28. The van der Waals surface area contributed by atoms with Gasteiger partial charge in [-0.05, 0) is 63.6 Å². The van der Waals surface area contributed by atoms with Gasteiger partial charge in [-0.2, -0.15) is 0 Å². The molecule has 0 bridgehead atoms. The van der Waals surface area contributed by atoms with Crippen molar-refractivity contribution in [1.29, 1.82) is 0 Å². The monoisotopic (exact) mass is 331 g/mol. The maximum atomic E-state index is 12.2. The minimum Gasteiger partial charge on any atom is -0.336 e. The predicted molar refractivity (Wildman–Crippen MR) is 95.5 cm³/mol. The van der Waals surface area contributed by atoms with E-state index in [0.717, 1.165) is 10.4 Å². The average molecular weight is 331 g/mol. The molecule has 1 aromatic carbocycles. The minimum atomic E-state index is -0.249. The molecule has 0 aliphatic heterocycles. The number of carbonyl (C=O) groups excluding carboxylic acids is 2. The highest BCUT2D eigenvalue weighted by Crippen LogP contribution is 2.22. The molecule has 6 heteroatoms. The number of hydrogen-bond donors (Lipinski definition) is 3. The molecule has 0 saturated carbocycles. The van der Waals surface area contributed by atoms with Gasteiger partial charge in [0.15, 0.2) is 0 Å². The Morgan fingerprint density at radius 3 is 2.04 bits per heavy atom. The number of rotatable bonds is 4. The first-order chi connectivity index (χ1) is 10.8. The van der Waals surface area contributed by atoms with E-state index in [1.54, 1.807) is 24.3 Å². The molecule has 0 saturated heterocycles. The SMILES string of the molecule is Cc1cc(C(=O)Nc2ccc(NC(=O)NC(C)C)cc2)sc1C. The van der Waals surface area contributed by atoms with E-state index < -0.39 is 0 Å². The Morgan fingerprint density at radius 1 is 1.00 bits per heavy atom. The average Bonchev–Trinajstić information content (AvgIpc) is 2.80. The molecule has 0 spiro atoms. The summed E-state index contributed by atoms with van der Waals surface area (Å²) in [5, 5.41) is 8.34. The molecule has 0 radical (unpaired) electrons. The lowest BCUT2D eigenvalue weighted by atomic mass is 10.2. The molecule has 0 fully saturated rings. The van der Waals surface area contributed by atoms with E-state index >= 15 is 0 Å². The van der Waals surface area contributed by atoms with E-state index in [1.807, 2.05) is 33.8 Å². The zero-order valence-corrected chi connectivity index (χ0v) is 14.5. The first-order valence-electron chi connectivity index (χ1n) is 7.41. The van der Waals surface area contributed by atoms with Crippen molar-refractivity contribution in [1.82, 2.24) is 5.32 Å². The van der Waals surface area contributed by atoms with Crippen LogP contribution in [-0.2, 0) is 0 Å². The van der Waals surface area contributed by atoms with Crippen molar-refractivity contribution in [2.24, 2.45) is 0 Å². The summed E-state index contributed by atoms with van der Waals surface area (Å²) >= 11 is 1.48. The van der Waals surface area contributed by atoms with Gasteiger partial charge in [0.2, 0.25) is 0 Å². The predicted octanol–water partition coefficient (Wildman–Crippen LogP) is 4.15. The first-order valence-corrected chi connectivity index (χ1v) is 8.23. The summed E-state index contributed by atoms with van der Waals surface area (Å²) in [7, 11) is 0. The van der Waals surface area contributed by atoms with E-state index in [1.165, 1.54) is 11.3 Å². The van der Waals surface area contributed by atoms with Crippen molar-refractivity contribution in [3.8, 4) is 0 Å². The first kappa shape index (κ1) is 17.0. The Bertz CT molecular complexity index is 686. The maximum absolute atomic E-state index is 12.2. The molecule has 2 rings (SSSR count). The second-order valence-corrected chi connectivity index (χ2v) is 6.89. The number of benzene rings is 1. The molecule has 122 valence electrons. The second-order valence-electron chi connectivity index (χ2n) is 5.63. The summed E-state index contributed by atoms with van der Waals surface area (Å²) in [6.07, 6.45) is 0. The smallest absolute Gasteiger partial charge is 0.319 e. The van der Waals surface area contributed by atoms with E-state index in [-0.39, 0.29) is 18.0 Å². The van der Waals surface area contributed by atoms with Crippen molar-refractivity contribution in [3.63, 3.8) is 0 Å². The topological polar surface area (TPSA) is 70.2 Å². The van der Waals surface area contributed by atoms with Gasteiger partial charge in [-0.1, -0.05) is 0 Å². The summed E-state index contributed by atoms with van der Waals surface area (Å²) in [6, 6.07) is 8.74. The number of amides is 3. The van der Waals surface area contributed by atoms with Gasteiger partial charge in [-0.3, -0.25) is 4.79 Å². The number of nitrogens with one attached hydrogen (secondary N) is 3. The molecule has 5 nitrogen and oxygen atoms in total. The fraction of sp³-hybridized carbons (Fsp3) is 0.294. The molecule has 0 atom stereocenters. The highest BCUT2D eigenvalue weighted by molar-refractivity contribution is 7.14. The van der Waals surface area contributed by atoms with Crippen LogP contribution in [0, 0.1) is 13.8 Å². The minimum absolute atomic E-state index is 0.0753. The standard InChI is InChI=1S/C17H21N3O2S/c1-10(2)18-17(22)20-14-7-5-13(6-8-14)19-16(21)15-9-11(3)12(4)23-15/h5-10H,1-4H3,(H,19,21)(H2,18,20,22). The third-order valence-corrected chi connectivity index (χ3v) is 4.36. The van der Waals surface area contributed by atoms with Crippen LogP contribution < -0.4 is 16.0 Å². The number of anilines is 2. The Balaban J connectivity index is 1.97. The van der Waals surface area contributed by atoms with Crippen molar-refractivity contribution in [3.05, 3.63) is 45.6 Å². The maximum Gasteiger partial charge on any atom is 0.319 e. The lowest BCUT2D eigenvalue weighted by molar-refractivity contribution is 0.103. The number of aryl methyl sites for hydroxylation is 2. The molecular formula is C17H21N3O2S. The molecule has 1 aromatic heterocycles. The van der Waals surface area contributed by atoms with Crippen molar-refractivity contribution in [2.45, 2.75) is 33.7 Å². The summed E-state index contributed by atoms with van der Waals surface area (Å²) in [6.45, 7) is 7.78. The van der Waals surface area contributed by atoms with Crippen LogP contribution in [0.2, 0.25) is 0 Å². The Labute approximate surface area is 140 Å². The van der Waals surface area contributed by atoms with Gasteiger partial charge >= 0.3 is 6.03 Å². The van der Waals surface area contributed by atoms with Crippen LogP contribution in [0.1, 0.15) is 34.0 Å². The van der Waals surface area contributed by atoms with E-state index in [0.29, 0.717) is 16.3 Å². The number of hydrogen-bond acceptors (Lipinski definition) is 3. The molecule has 3 amide bonds. The number of urea groups is 1. The van der Waals surface area contributed by atoms with Gasteiger partial charge in [0, 0.05) is 22.3 Å². The number of carbonyl (C=O) groups is 2. The van der Waals surface area contributed by atoms with Gasteiger partial charge in [-0.25, -0.2) is 4.79 Å². The lowest BCUT2D eigenvalue weighted by Crippen LogP contribution is -2.34. The summed E-state index contributed by atoms with van der Waals surface area (Å²) in [5.74, 6) is -0.121. The van der Waals surface area contributed by atoms with Crippen LogP contribution in [0.4, 0.5) is 16.2 Å². The fourth-order valence-corrected chi connectivity index (χ4v) is 2.87. The fourth-order valence-electron chi connectivity index (χ4n) is 1.94. The third-order valence-electron chi connectivity index (χ3n) is 3.21. The largest absolute Gasteiger partial charge is 0.336 e. The van der Waals surface area contributed by atoms with Crippen LogP contribution in [0.5, 0.6) is 0 Å². The highest BCUT2D eigenvalue weighted by atomic mass is 32.1. The van der Waals surface area contributed by atoms with Crippen molar-refractivity contribution >= 4 is 34.6 Å². The molecule has 0 aliphatic carbocycles. The normalized spacial score (nSPS) is 10.5. The van der Waals surface area contributed by atoms with Gasteiger partial charge in [0.05, 0.1) is 4.88 Å². The van der Waals surface area contributed by atoms with Gasteiger partial charge in [-0.15, -0.1) is 11.3 Å². The summed E-state index contributed by atoms with van der Waals surface area (Å²) < 4.78 is 0. The lowest BCUT2D eigenvalue weighted by Gasteiger charge is -2.10. The molecule has 0 aliphatic rings. The van der Waals surface area contributed by atoms with Crippen LogP contribution in [0.15, 0.2) is 30.3 Å². The molecule has 3 N–H and O–H groups in total. The van der Waals surface area contributed by atoms with E-state index in [4.69, 9.17) is 0 Å². The Morgan fingerprint density at radius 2 is 1.57 bits per heavy atom. The van der Waals surface area contributed by atoms with E-state index in [9.17, 15) is 9.59 Å². The van der Waals surface area contributed by atoms with Crippen LogP contribution >= 0.6 is 11.3 Å². The van der Waals surface area contributed by atoms with E-state index in [2.05, 4.69) is 16.0 Å². The summed E-state index contributed by atoms with van der Waals surface area (Å²) in [4.78, 5) is 25.6. The Hall–Kier alpha value is -2.34. The molecule has 23 heavy (non-hydrogen) atoms.